The van der Waals surface area contributed by atoms with Crippen LogP contribution in [0, 0.1) is 25.5 Å². The van der Waals surface area contributed by atoms with Crippen molar-refractivity contribution in [3.05, 3.63) is 70.3 Å². The molecule has 0 aliphatic heterocycles. The Balaban J connectivity index is 2.06. The third kappa shape index (κ3) is 3.70. The van der Waals surface area contributed by atoms with E-state index in [1.54, 1.807) is 0 Å². The molecule has 1 unspecified atom stereocenters. The van der Waals surface area contributed by atoms with Gasteiger partial charge in [-0.2, -0.15) is 0 Å². The Morgan fingerprint density at radius 1 is 1.00 bits per heavy atom. The van der Waals surface area contributed by atoms with E-state index < -0.39 is 11.6 Å². The van der Waals surface area contributed by atoms with E-state index in [1.807, 2.05) is 32.0 Å². The molecule has 2 N–H and O–H groups in total. The van der Waals surface area contributed by atoms with Gasteiger partial charge in [-0.05, 0) is 42.7 Å². The largest absolute Gasteiger partial charge is 0.376 e. The monoisotopic (exact) mass is 305 g/mol. The average molecular weight is 305 g/mol. The second-order valence-electron chi connectivity index (χ2n) is 5.45. The second-order valence-corrected chi connectivity index (χ2v) is 5.45. The van der Waals surface area contributed by atoms with Crippen LogP contribution in [0.4, 0.5) is 8.78 Å². The number of benzene rings is 2. The number of hydrogen-bond donors (Lipinski definition) is 1. The zero-order valence-corrected chi connectivity index (χ0v) is 12.9. The van der Waals surface area contributed by atoms with E-state index in [0.717, 1.165) is 16.7 Å². The summed E-state index contributed by atoms with van der Waals surface area (Å²) in [6, 6.07) is 9.86. The van der Waals surface area contributed by atoms with Crippen LogP contribution in [0.3, 0.4) is 0 Å². The highest BCUT2D eigenvalue weighted by molar-refractivity contribution is 5.36. The molecule has 0 aliphatic carbocycles. The molecule has 2 aromatic carbocycles. The van der Waals surface area contributed by atoms with E-state index in [4.69, 9.17) is 10.5 Å². The zero-order chi connectivity index (χ0) is 16.1. The Morgan fingerprint density at radius 3 is 2.09 bits per heavy atom. The van der Waals surface area contributed by atoms with Crippen molar-refractivity contribution in [1.29, 1.82) is 0 Å². The third-order valence-corrected chi connectivity index (χ3v) is 3.86. The van der Waals surface area contributed by atoms with E-state index in [9.17, 15) is 8.78 Å². The first-order chi connectivity index (χ1) is 10.5. The van der Waals surface area contributed by atoms with E-state index in [0.29, 0.717) is 13.2 Å². The van der Waals surface area contributed by atoms with Crippen LogP contribution in [0.15, 0.2) is 36.4 Å². The van der Waals surface area contributed by atoms with Crippen LogP contribution < -0.4 is 5.73 Å². The third-order valence-electron chi connectivity index (χ3n) is 3.86. The van der Waals surface area contributed by atoms with Crippen molar-refractivity contribution < 1.29 is 13.5 Å². The molecule has 22 heavy (non-hydrogen) atoms. The number of nitrogens with two attached hydrogens (primary N) is 1. The molecule has 0 aromatic heterocycles. The maximum absolute atomic E-state index is 13.6. The second kappa shape index (κ2) is 7.47. The molecule has 0 amide bonds. The molecule has 2 rings (SSSR count). The summed E-state index contributed by atoms with van der Waals surface area (Å²) in [6.07, 6.45) is 0. The molecule has 1 atom stereocenters. The summed E-state index contributed by atoms with van der Waals surface area (Å²) in [5, 5.41) is 0. The maximum atomic E-state index is 13.6. The molecule has 0 heterocycles. The molecule has 0 saturated carbocycles. The Bertz CT molecular complexity index is 602. The Hall–Kier alpha value is -1.78. The SMILES string of the molecule is Cc1cccc(C)c1C(CN)COCc1c(F)cccc1F. The van der Waals surface area contributed by atoms with Gasteiger partial charge in [0.05, 0.1) is 13.2 Å². The molecular weight excluding hydrogens is 284 g/mol. The minimum Gasteiger partial charge on any atom is -0.376 e. The van der Waals surface area contributed by atoms with Crippen LogP contribution in [-0.4, -0.2) is 13.2 Å². The molecule has 0 saturated heterocycles. The first-order valence-corrected chi connectivity index (χ1v) is 7.31. The number of hydrogen-bond acceptors (Lipinski definition) is 2. The van der Waals surface area contributed by atoms with Crippen molar-refractivity contribution >= 4 is 0 Å². The van der Waals surface area contributed by atoms with Crippen LogP contribution in [-0.2, 0) is 11.3 Å². The Kier molecular flexibility index (Phi) is 5.63. The molecule has 0 radical (unpaired) electrons. The molecule has 0 aliphatic rings. The molecule has 118 valence electrons. The minimum atomic E-state index is -0.587. The van der Waals surface area contributed by atoms with Gasteiger partial charge in [-0.1, -0.05) is 24.3 Å². The molecular formula is C18H21F2NO. The topological polar surface area (TPSA) is 35.2 Å². The maximum Gasteiger partial charge on any atom is 0.131 e. The van der Waals surface area contributed by atoms with Crippen molar-refractivity contribution in [3.8, 4) is 0 Å². The van der Waals surface area contributed by atoms with Gasteiger partial charge in [-0.3, -0.25) is 0 Å². The van der Waals surface area contributed by atoms with Crippen LogP contribution in [0.2, 0.25) is 0 Å². The molecule has 4 heteroatoms. The fourth-order valence-corrected chi connectivity index (χ4v) is 2.71. The lowest BCUT2D eigenvalue weighted by atomic mass is 9.91. The highest BCUT2D eigenvalue weighted by atomic mass is 19.1. The average Bonchev–Trinajstić information content (AvgIpc) is 2.48. The molecule has 2 aromatic rings. The van der Waals surface area contributed by atoms with E-state index in [1.165, 1.54) is 18.2 Å². The molecule has 0 spiro atoms. The van der Waals surface area contributed by atoms with Crippen molar-refractivity contribution in [2.75, 3.05) is 13.2 Å². The fraction of sp³-hybridized carbons (Fsp3) is 0.333. The van der Waals surface area contributed by atoms with Crippen molar-refractivity contribution in [2.24, 2.45) is 5.73 Å². The van der Waals surface area contributed by atoms with Gasteiger partial charge >= 0.3 is 0 Å². The summed E-state index contributed by atoms with van der Waals surface area (Å²) >= 11 is 0. The van der Waals surface area contributed by atoms with E-state index in [-0.39, 0.29) is 18.1 Å². The standard InChI is InChI=1S/C18H21F2NO/c1-12-5-3-6-13(2)18(12)14(9-21)10-22-11-15-16(19)7-4-8-17(15)20/h3-8,14H,9-11,21H2,1-2H3. The lowest BCUT2D eigenvalue weighted by Gasteiger charge is -2.20. The summed E-state index contributed by atoms with van der Waals surface area (Å²) in [5.74, 6) is -1.16. The van der Waals surface area contributed by atoms with Gasteiger partial charge in [-0.25, -0.2) is 8.78 Å². The number of ether oxygens (including phenoxy) is 1. The highest BCUT2D eigenvalue weighted by Gasteiger charge is 2.16. The summed E-state index contributed by atoms with van der Waals surface area (Å²) in [7, 11) is 0. The first-order valence-electron chi connectivity index (χ1n) is 7.31. The molecule has 0 bridgehead atoms. The van der Waals surface area contributed by atoms with Crippen molar-refractivity contribution in [3.63, 3.8) is 0 Å². The quantitative estimate of drug-likeness (QED) is 0.880. The van der Waals surface area contributed by atoms with Gasteiger partial charge in [-0.15, -0.1) is 0 Å². The smallest absolute Gasteiger partial charge is 0.131 e. The van der Waals surface area contributed by atoms with Gasteiger partial charge in [0.1, 0.15) is 11.6 Å². The van der Waals surface area contributed by atoms with Gasteiger partial charge in [0.25, 0.3) is 0 Å². The van der Waals surface area contributed by atoms with Crippen LogP contribution in [0.25, 0.3) is 0 Å². The first kappa shape index (κ1) is 16.6. The van der Waals surface area contributed by atoms with Crippen LogP contribution in [0.1, 0.15) is 28.2 Å². The number of halogens is 2. The summed E-state index contributed by atoms with van der Waals surface area (Å²) in [6.45, 7) is 4.71. The predicted octanol–water partition coefficient (Wildman–Crippen LogP) is 3.84. The van der Waals surface area contributed by atoms with E-state index in [2.05, 4.69) is 0 Å². The van der Waals surface area contributed by atoms with Crippen LogP contribution in [0.5, 0.6) is 0 Å². The van der Waals surface area contributed by atoms with Gasteiger partial charge in [0.2, 0.25) is 0 Å². The zero-order valence-electron chi connectivity index (χ0n) is 12.9. The number of rotatable bonds is 6. The summed E-state index contributed by atoms with van der Waals surface area (Å²) in [5.41, 5.74) is 9.26. The van der Waals surface area contributed by atoms with Gasteiger partial charge in [0.15, 0.2) is 0 Å². The minimum absolute atomic E-state index is 0.0102. The lowest BCUT2D eigenvalue weighted by molar-refractivity contribution is 0.103. The lowest BCUT2D eigenvalue weighted by Crippen LogP contribution is -2.20. The summed E-state index contributed by atoms with van der Waals surface area (Å²) in [4.78, 5) is 0. The number of aryl methyl sites for hydroxylation is 2. The van der Waals surface area contributed by atoms with Gasteiger partial charge in [0, 0.05) is 18.0 Å². The normalized spacial score (nSPS) is 12.4. The predicted molar refractivity (Wildman–Crippen MR) is 83.7 cm³/mol. The Labute approximate surface area is 129 Å². The highest BCUT2D eigenvalue weighted by Crippen LogP contribution is 2.24. The molecule has 2 nitrogen and oxygen atoms in total. The van der Waals surface area contributed by atoms with Gasteiger partial charge < -0.3 is 10.5 Å². The summed E-state index contributed by atoms with van der Waals surface area (Å²) < 4.78 is 32.7. The van der Waals surface area contributed by atoms with E-state index >= 15 is 0 Å². The van der Waals surface area contributed by atoms with Crippen molar-refractivity contribution in [1.82, 2.24) is 0 Å². The van der Waals surface area contributed by atoms with Crippen molar-refractivity contribution in [2.45, 2.75) is 26.4 Å². The fourth-order valence-electron chi connectivity index (χ4n) is 2.71. The Morgan fingerprint density at radius 2 is 1.55 bits per heavy atom. The molecule has 0 fully saturated rings. The van der Waals surface area contributed by atoms with Crippen LogP contribution >= 0.6 is 0 Å².